The van der Waals surface area contributed by atoms with Crippen molar-refractivity contribution in [3.05, 3.63) is 17.0 Å². The predicted molar refractivity (Wildman–Crippen MR) is 52.7 cm³/mol. The van der Waals surface area contributed by atoms with Crippen LogP contribution in [0.5, 0.6) is 0 Å². The van der Waals surface area contributed by atoms with Crippen molar-refractivity contribution in [2.24, 2.45) is 0 Å². The van der Waals surface area contributed by atoms with Crippen LogP contribution in [0.2, 0.25) is 0 Å². The number of hydrogen-bond donors (Lipinski definition) is 1. The van der Waals surface area contributed by atoms with E-state index in [1.54, 1.807) is 0 Å². The first kappa shape index (κ1) is 8.75. The fourth-order valence-corrected chi connectivity index (χ4v) is 2.28. The van der Waals surface area contributed by atoms with Crippen LogP contribution in [0.4, 0.5) is 0 Å². The molecule has 3 nitrogen and oxygen atoms in total. The van der Waals surface area contributed by atoms with Gasteiger partial charge in [-0.1, -0.05) is 13.8 Å². The highest BCUT2D eigenvalue weighted by atomic mass is 15.2. The molecule has 1 aliphatic rings. The van der Waals surface area contributed by atoms with Gasteiger partial charge in [-0.2, -0.15) is 5.10 Å². The Bertz CT molecular complexity index is 325. The standard InChI is InChI=1S/C10H17N3/c1-7-8-5-13(4)6-10(2,3)9(8)12-11-7/h5-6H2,1-4H3,(H,11,12). The number of nitrogens with one attached hydrogen (secondary N) is 1. The van der Waals surface area contributed by atoms with Crippen molar-refractivity contribution in [2.45, 2.75) is 32.7 Å². The summed E-state index contributed by atoms with van der Waals surface area (Å²) < 4.78 is 0. The smallest absolute Gasteiger partial charge is 0.0738 e. The van der Waals surface area contributed by atoms with Crippen LogP contribution < -0.4 is 0 Å². The van der Waals surface area contributed by atoms with Crippen LogP contribution in [-0.2, 0) is 12.0 Å². The molecule has 0 aliphatic carbocycles. The maximum absolute atomic E-state index is 4.39. The number of rotatable bonds is 0. The molecule has 0 fully saturated rings. The van der Waals surface area contributed by atoms with Crippen molar-refractivity contribution < 1.29 is 0 Å². The molecule has 0 saturated carbocycles. The molecule has 0 spiro atoms. The molecule has 13 heavy (non-hydrogen) atoms. The average Bonchev–Trinajstić information content (AvgIpc) is 2.31. The van der Waals surface area contributed by atoms with Crippen LogP contribution in [0.3, 0.4) is 0 Å². The highest BCUT2D eigenvalue weighted by molar-refractivity contribution is 5.32. The molecule has 0 radical (unpaired) electrons. The van der Waals surface area contributed by atoms with Crippen molar-refractivity contribution in [3.63, 3.8) is 0 Å². The third-order valence-electron chi connectivity index (χ3n) is 2.81. The second-order valence-electron chi connectivity index (χ2n) is 4.73. The number of fused-ring (bicyclic) bond motifs is 1. The van der Waals surface area contributed by atoms with Gasteiger partial charge in [0.05, 0.1) is 5.69 Å². The zero-order chi connectivity index (χ0) is 9.64. The largest absolute Gasteiger partial charge is 0.301 e. The van der Waals surface area contributed by atoms with Gasteiger partial charge >= 0.3 is 0 Å². The van der Waals surface area contributed by atoms with Gasteiger partial charge in [0.15, 0.2) is 0 Å². The number of likely N-dealkylation sites (N-methyl/N-ethyl adjacent to an activating group) is 1. The SMILES string of the molecule is Cc1[nH]nc2c1CN(C)CC2(C)C. The molecule has 2 rings (SSSR count). The van der Waals surface area contributed by atoms with Gasteiger partial charge in [0.2, 0.25) is 0 Å². The van der Waals surface area contributed by atoms with Gasteiger partial charge in [-0.05, 0) is 14.0 Å². The van der Waals surface area contributed by atoms with E-state index in [0.717, 1.165) is 13.1 Å². The van der Waals surface area contributed by atoms with E-state index < -0.39 is 0 Å². The van der Waals surface area contributed by atoms with Gasteiger partial charge in [-0.15, -0.1) is 0 Å². The molecule has 2 heterocycles. The van der Waals surface area contributed by atoms with Crippen LogP contribution in [0.25, 0.3) is 0 Å². The van der Waals surface area contributed by atoms with Crippen molar-refractivity contribution in [2.75, 3.05) is 13.6 Å². The first-order valence-electron chi connectivity index (χ1n) is 4.73. The number of H-pyrrole nitrogens is 1. The third-order valence-corrected chi connectivity index (χ3v) is 2.81. The van der Waals surface area contributed by atoms with Crippen LogP contribution in [-0.4, -0.2) is 28.7 Å². The Morgan fingerprint density at radius 3 is 2.85 bits per heavy atom. The lowest BCUT2D eigenvalue weighted by atomic mass is 9.83. The van der Waals surface area contributed by atoms with E-state index in [2.05, 4.69) is 42.9 Å². The molecule has 0 saturated heterocycles. The molecule has 1 aliphatic heterocycles. The van der Waals surface area contributed by atoms with Gasteiger partial charge in [0.25, 0.3) is 0 Å². The van der Waals surface area contributed by atoms with Crippen molar-refractivity contribution in [3.8, 4) is 0 Å². The van der Waals surface area contributed by atoms with Crippen molar-refractivity contribution in [1.29, 1.82) is 0 Å². The van der Waals surface area contributed by atoms with E-state index >= 15 is 0 Å². The highest BCUT2D eigenvalue weighted by Gasteiger charge is 2.33. The van der Waals surface area contributed by atoms with E-state index in [1.165, 1.54) is 17.0 Å². The fourth-order valence-electron chi connectivity index (χ4n) is 2.28. The molecule has 1 aromatic heterocycles. The Labute approximate surface area is 79.1 Å². The van der Waals surface area contributed by atoms with Gasteiger partial charge < -0.3 is 4.90 Å². The minimum atomic E-state index is 0.188. The van der Waals surface area contributed by atoms with E-state index in [0.29, 0.717) is 0 Å². The van der Waals surface area contributed by atoms with Crippen LogP contribution in [0, 0.1) is 6.92 Å². The molecule has 1 aromatic rings. The molecule has 3 heteroatoms. The fraction of sp³-hybridized carbons (Fsp3) is 0.700. The summed E-state index contributed by atoms with van der Waals surface area (Å²) >= 11 is 0. The molecule has 0 aromatic carbocycles. The summed E-state index contributed by atoms with van der Waals surface area (Å²) in [6, 6.07) is 0. The quantitative estimate of drug-likeness (QED) is 0.653. The van der Waals surface area contributed by atoms with Crippen LogP contribution in [0.1, 0.15) is 30.8 Å². The number of aromatic amines is 1. The molecule has 72 valence electrons. The minimum Gasteiger partial charge on any atom is -0.301 e. The zero-order valence-corrected chi connectivity index (χ0v) is 8.81. The average molecular weight is 179 g/mol. The number of nitrogens with zero attached hydrogens (tertiary/aromatic N) is 2. The zero-order valence-electron chi connectivity index (χ0n) is 8.81. The van der Waals surface area contributed by atoms with E-state index in [9.17, 15) is 0 Å². The van der Waals surface area contributed by atoms with Gasteiger partial charge in [-0.25, -0.2) is 0 Å². The predicted octanol–water partition coefficient (Wildman–Crippen LogP) is 1.44. The summed E-state index contributed by atoms with van der Waals surface area (Å²) in [4.78, 5) is 2.35. The van der Waals surface area contributed by atoms with E-state index in [-0.39, 0.29) is 5.41 Å². The molecular formula is C10H17N3. The molecule has 1 N–H and O–H groups in total. The molecule has 0 amide bonds. The second-order valence-corrected chi connectivity index (χ2v) is 4.73. The normalized spacial score (nSPS) is 21.5. The minimum absolute atomic E-state index is 0.188. The Kier molecular flexibility index (Phi) is 1.74. The molecule has 0 atom stereocenters. The Balaban J connectivity index is 2.51. The lowest BCUT2D eigenvalue weighted by Crippen LogP contribution is -2.39. The molecule has 0 unspecified atom stereocenters. The maximum Gasteiger partial charge on any atom is 0.0738 e. The Morgan fingerprint density at radius 1 is 1.46 bits per heavy atom. The van der Waals surface area contributed by atoms with Crippen molar-refractivity contribution >= 4 is 0 Å². The summed E-state index contributed by atoms with van der Waals surface area (Å²) in [5.41, 5.74) is 4.05. The van der Waals surface area contributed by atoms with Gasteiger partial charge in [0.1, 0.15) is 0 Å². The number of aryl methyl sites for hydroxylation is 1. The summed E-state index contributed by atoms with van der Waals surface area (Å²) in [6.45, 7) is 8.72. The Hall–Kier alpha value is -0.830. The number of hydrogen-bond acceptors (Lipinski definition) is 2. The first-order valence-corrected chi connectivity index (χ1v) is 4.73. The van der Waals surface area contributed by atoms with E-state index in [4.69, 9.17) is 0 Å². The Morgan fingerprint density at radius 2 is 2.15 bits per heavy atom. The summed E-state index contributed by atoms with van der Waals surface area (Å²) in [5.74, 6) is 0. The second kappa shape index (κ2) is 2.58. The lowest BCUT2D eigenvalue weighted by molar-refractivity contribution is 0.232. The molecule has 0 bridgehead atoms. The highest BCUT2D eigenvalue weighted by Crippen LogP contribution is 2.32. The molecular weight excluding hydrogens is 162 g/mol. The lowest BCUT2D eigenvalue weighted by Gasteiger charge is -2.35. The van der Waals surface area contributed by atoms with Gasteiger partial charge in [-0.3, -0.25) is 5.10 Å². The van der Waals surface area contributed by atoms with Crippen LogP contribution in [0.15, 0.2) is 0 Å². The van der Waals surface area contributed by atoms with E-state index in [1.807, 2.05) is 0 Å². The maximum atomic E-state index is 4.39. The summed E-state index contributed by atoms with van der Waals surface area (Å²) in [5, 5.41) is 7.47. The monoisotopic (exact) mass is 179 g/mol. The van der Waals surface area contributed by atoms with Crippen LogP contribution >= 0.6 is 0 Å². The summed E-state index contributed by atoms with van der Waals surface area (Å²) in [7, 11) is 2.16. The topological polar surface area (TPSA) is 31.9 Å². The third kappa shape index (κ3) is 1.27. The first-order chi connectivity index (χ1) is 6.00. The van der Waals surface area contributed by atoms with Crippen molar-refractivity contribution in [1.82, 2.24) is 15.1 Å². The van der Waals surface area contributed by atoms with Gasteiger partial charge in [0, 0.05) is 29.8 Å². The number of aromatic nitrogens is 2. The summed E-state index contributed by atoms with van der Waals surface area (Å²) in [6.07, 6.45) is 0.